The van der Waals surface area contributed by atoms with Gasteiger partial charge in [0.25, 0.3) is 0 Å². The van der Waals surface area contributed by atoms with Crippen molar-refractivity contribution >= 4 is 5.69 Å². The highest BCUT2D eigenvalue weighted by Crippen LogP contribution is 2.05. The van der Waals surface area contributed by atoms with Crippen molar-refractivity contribution in [3.05, 3.63) is 36.8 Å². The first-order valence-corrected chi connectivity index (χ1v) is 2.96. The normalized spacial score (nSPS) is 9.44. The van der Waals surface area contributed by atoms with Crippen LogP contribution in [0.25, 0.3) is 0 Å². The molecule has 1 aromatic carbocycles. The summed E-state index contributed by atoms with van der Waals surface area (Å²) in [4.78, 5) is 0. The van der Waals surface area contributed by atoms with Crippen LogP contribution in [0.1, 0.15) is 5.56 Å². The molecular weight excluding hydrogens is 110 g/mol. The monoisotopic (exact) mass is 120 g/mol. The Bertz CT molecular complexity index is 194. The SMILES string of the molecule is [CH2]Cc1cccc(N)c1. The molecule has 0 aliphatic rings. The molecule has 1 aromatic rings. The smallest absolute Gasteiger partial charge is 0.0316 e. The van der Waals surface area contributed by atoms with Gasteiger partial charge in [-0.3, -0.25) is 0 Å². The lowest BCUT2D eigenvalue weighted by molar-refractivity contribution is 1.27. The second-order valence-corrected chi connectivity index (χ2v) is 2.00. The minimum Gasteiger partial charge on any atom is -0.399 e. The highest BCUT2D eigenvalue weighted by molar-refractivity contribution is 5.40. The third-order valence-corrected chi connectivity index (χ3v) is 1.24. The third kappa shape index (κ3) is 1.46. The van der Waals surface area contributed by atoms with Gasteiger partial charge in [0.2, 0.25) is 0 Å². The summed E-state index contributed by atoms with van der Waals surface area (Å²) < 4.78 is 0. The number of hydrogen-bond donors (Lipinski definition) is 1. The van der Waals surface area contributed by atoms with Crippen LogP contribution in [-0.2, 0) is 6.42 Å². The van der Waals surface area contributed by atoms with Gasteiger partial charge < -0.3 is 5.73 Å². The van der Waals surface area contributed by atoms with Crippen molar-refractivity contribution in [1.82, 2.24) is 0 Å². The standard InChI is InChI=1S/C8H10N/c1-2-7-4-3-5-8(9)6-7/h3-6H,1-2,9H2. The van der Waals surface area contributed by atoms with Gasteiger partial charge in [0.15, 0.2) is 0 Å². The lowest BCUT2D eigenvalue weighted by atomic mass is 10.1. The van der Waals surface area contributed by atoms with Crippen LogP contribution < -0.4 is 5.73 Å². The van der Waals surface area contributed by atoms with Gasteiger partial charge in [0, 0.05) is 5.69 Å². The van der Waals surface area contributed by atoms with Crippen LogP contribution in [0.3, 0.4) is 0 Å². The molecule has 1 rings (SSSR count). The summed E-state index contributed by atoms with van der Waals surface area (Å²) in [5, 5.41) is 0. The molecule has 1 radical (unpaired) electrons. The molecule has 0 aromatic heterocycles. The summed E-state index contributed by atoms with van der Waals surface area (Å²) in [6.07, 6.45) is 0.811. The van der Waals surface area contributed by atoms with E-state index >= 15 is 0 Å². The number of nitrogens with two attached hydrogens (primary N) is 1. The Kier molecular flexibility index (Phi) is 1.73. The van der Waals surface area contributed by atoms with Crippen LogP contribution in [0.15, 0.2) is 24.3 Å². The Balaban J connectivity index is 2.94. The van der Waals surface area contributed by atoms with E-state index in [2.05, 4.69) is 6.92 Å². The first kappa shape index (κ1) is 6.14. The number of hydrogen-bond acceptors (Lipinski definition) is 1. The Morgan fingerprint density at radius 3 is 2.67 bits per heavy atom. The zero-order valence-electron chi connectivity index (χ0n) is 5.30. The zero-order valence-corrected chi connectivity index (χ0v) is 5.30. The summed E-state index contributed by atoms with van der Waals surface area (Å²) in [6.45, 7) is 3.74. The second-order valence-electron chi connectivity index (χ2n) is 2.00. The molecule has 0 atom stereocenters. The Hall–Kier alpha value is -0.980. The molecule has 0 saturated carbocycles. The maximum absolute atomic E-state index is 5.51. The van der Waals surface area contributed by atoms with Crippen LogP contribution in [0, 0.1) is 6.92 Å². The number of benzene rings is 1. The van der Waals surface area contributed by atoms with Crippen molar-refractivity contribution in [3.63, 3.8) is 0 Å². The van der Waals surface area contributed by atoms with E-state index in [9.17, 15) is 0 Å². The van der Waals surface area contributed by atoms with Gasteiger partial charge in [-0.05, 0) is 31.0 Å². The Morgan fingerprint density at radius 2 is 2.22 bits per heavy atom. The summed E-state index contributed by atoms with van der Waals surface area (Å²) in [5.41, 5.74) is 7.51. The second kappa shape index (κ2) is 2.53. The van der Waals surface area contributed by atoms with Crippen molar-refractivity contribution in [1.29, 1.82) is 0 Å². The fourth-order valence-electron chi connectivity index (χ4n) is 0.749. The quantitative estimate of drug-likeness (QED) is 0.560. The maximum Gasteiger partial charge on any atom is 0.0316 e. The van der Waals surface area contributed by atoms with Crippen LogP contribution in [-0.4, -0.2) is 0 Å². The molecule has 2 N–H and O–H groups in total. The molecule has 0 aliphatic carbocycles. The first-order chi connectivity index (χ1) is 4.33. The summed E-state index contributed by atoms with van der Waals surface area (Å²) in [6, 6.07) is 7.77. The van der Waals surface area contributed by atoms with Gasteiger partial charge in [0.05, 0.1) is 0 Å². The fraction of sp³-hybridized carbons (Fsp3) is 0.125. The largest absolute Gasteiger partial charge is 0.399 e. The summed E-state index contributed by atoms with van der Waals surface area (Å²) in [7, 11) is 0. The van der Waals surface area contributed by atoms with Crippen LogP contribution in [0.5, 0.6) is 0 Å². The van der Waals surface area contributed by atoms with Crippen molar-refractivity contribution in [3.8, 4) is 0 Å². The molecule has 0 amide bonds. The average Bonchev–Trinajstić information content (AvgIpc) is 1.88. The lowest BCUT2D eigenvalue weighted by Crippen LogP contribution is -1.85. The van der Waals surface area contributed by atoms with E-state index in [0.717, 1.165) is 12.1 Å². The van der Waals surface area contributed by atoms with E-state index in [1.54, 1.807) is 0 Å². The van der Waals surface area contributed by atoms with Gasteiger partial charge in [-0.15, -0.1) is 0 Å². The minimum atomic E-state index is 0.811. The van der Waals surface area contributed by atoms with E-state index in [0.29, 0.717) is 0 Å². The van der Waals surface area contributed by atoms with Crippen LogP contribution >= 0.6 is 0 Å². The molecule has 0 bridgehead atoms. The molecule has 1 heteroatoms. The van der Waals surface area contributed by atoms with Crippen LogP contribution in [0.4, 0.5) is 5.69 Å². The predicted molar refractivity (Wildman–Crippen MR) is 39.9 cm³/mol. The average molecular weight is 120 g/mol. The molecule has 0 fully saturated rings. The predicted octanol–water partition coefficient (Wildman–Crippen LogP) is 1.65. The van der Waals surface area contributed by atoms with E-state index in [4.69, 9.17) is 5.73 Å². The molecule has 0 heterocycles. The van der Waals surface area contributed by atoms with Gasteiger partial charge in [-0.25, -0.2) is 0 Å². The molecule has 1 nitrogen and oxygen atoms in total. The maximum atomic E-state index is 5.51. The highest BCUT2D eigenvalue weighted by Gasteiger charge is 1.86. The van der Waals surface area contributed by atoms with Crippen molar-refractivity contribution in [2.75, 3.05) is 5.73 Å². The molecular formula is C8H10N. The van der Waals surface area contributed by atoms with Gasteiger partial charge in [-0.2, -0.15) is 0 Å². The van der Waals surface area contributed by atoms with E-state index in [1.807, 2.05) is 24.3 Å². The first-order valence-electron chi connectivity index (χ1n) is 2.96. The van der Waals surface area contributed by atoms with E-state index < -0.39 is 0 Å². The van der Waals surface area contributed by atoms with Crippen LogP contribution in [0.2, 0.25) is 0 Å². The lowest BCUT2D eigenvalue weighted by Gasteiger charge is -1.95. The fourth-order valence-corrected chi connectivity index (χ4v) is 0.749. The van der Waals surface area contributed by atoms with Crippen molar-refractivity contribution in [2.24, 2.45) is 0 Å². The molecule has 0 unspecified atom stereocenters. The Labute approximate surface area is 55.5 Å². The van der Waals surface area contributed by atoms with Gasteiger partial charge in [-0.1, -0.05) is 12.1 Å². The third-order valence-electron chi connectivity index (χ3n) is 1.24. The molecule has 0 aliphatic heterocycles. The summed E-state index contributed by atoms with van der Waals surface area (Å²) in [5.74, 6) is 0. The highest BCUT2D eigenvalue weighted by atomic mass is 14.5. The zero-order chi connectivity index (χ0) is 6.69. The van der Waals surface area contributed by atoms with Crippen molar-refractivity contribution < 1.29 is 0 Å². The number of nitrogen functional groups attached to an aromatic ring is 1. The topological polar surface area (TPSA) is 26.0 Å². The molecule has 0 spiro atoms. The molecule has 9 heavy (non-hydrogen) atoms. The molecule has 0 saturated heterocycles. The Morgan fingerprint density at radius 1 is 1.44 bits per heavy atom. The minimum absolute atomic E-state index is 0.811. The van der Waals surface area contributed by atoms with E-state index in [-0.39, 0.29) is 0 Å². The number of rotatable bonds is 1. The summed E-state index contributed by atoms with van der Waals surface area (Å²) >= 11 is 0. The van der Waals surface area contributed by atoms with E-state index in [1.165, 1.54) is 5.56 Å². The van der Waals surface area contributed by atoms with Gasteiger partial charge in [0.1, 0.15) is 0 Å². The molecule has 47 valence electrons. The van der Waals surface area contributed by atoms with Crippen molar-refractivity contribution in [2.45, 2.75) is 6.42 Å². The van der Waals surface area contributed by atoms with Gasteiger partial charge >= 0.3 is 0 Å². The number of anilines is 1.